The molecular weight excluding hydrogens is 392 g/mol. The van der Waals surface area contributed by atoms with Gasteiger partial charge in [0.2, 0.25) is 0 Å². The first-order valence-corrected chi connectivity index (χ1v) is 8.15. The summed E-state index contributed by atoms with van der Waals surface area (Å²) in [5.74, 6) is -1.70. The van der Waals surface area contributed by atoms with E-state index in [9.17, 15) is 30.0 Å². The quantitative estimate of drug-likeness (QED) is 0.245. The SMILES string of the molecule is CC(C)[O-].CC(C)[O-].CCOC(=O)/C=C(/C)[O-].CCOC(=O)/C=C(\C)[O-].[Ti+4]. The Morgan fingerprint density at radius 1 is 0.778 bits per heavy atom. The Labute approximate surface area is 177 Å². The van der Waals surface area contributed by atoms with Crippen LogP contribution in [0.15, 0.2) is 23.7 Å². The van der Waals surface area contributed by atoms with Crippen LogP contribution in [-0.4, -0.2) is 37.4 Å². The number of rotatable bonds is 4. The first-order valence-electron chi connectivity index (χ1n) is 8.15. The van der Waals surface area contributed by atoms with Gasteiger partial charge in [0.05, 0.1) is 13.2 Å². The summed E-state index contributed by atoms with van der Waals surface area (Å²) >= 11 is 0. The van der Waals surface area contributed by atoms with E-state index < -0.39 is 24.1 Å². The molecule has 0 rings (SSSR count). The molecule has 0 N–H and O–H groups in total. The third-order valence-electron chi connectivity index (χ3n) is 1.22. The molecule has 0 aromatic carbocycles. The summed E-state index contributed by atoms with van der Waals surface area (Å²) in [5, 5.41) is 39.4. The maximum Gasteiger partial charge on any atom is 4.00 e. The third kappa shape index (κ3) is 79.0. The molecule has 0 aromatic rings. The fourth-order valence-corrected chi connectivity index (χ4v) is 0.700. The van der Waals surface area contributed by atoms with E-state index in [1.54, 1.807) is 41.5 Å². The number of ether oxygens (including phenoxy) is 2. The topological polar surface area (TPSA) is 145 Å². The number of carbonyl (C=O) groups excluding carboxylic acids is 2. The molecule has 0 bridgehead atoms. The van der Waals surface area contributed by atoms with Gasteiger partial charge in [0.1, 0.15) is 0 Å². The van der Waals surface area contributed by atoms with Crippen molar-refractivity contribution in [1.82, 2.24) is 0 Å². The zero-order valence-electron chi connectivity index (χ0n) is 17.5. The summed E-state index contributed by atoms with van der Waals surface area (Å²) in [5.41, 5.74) is 0. The summed E-state index contributed by atoms with van der Waals surface area (Å²) in [7, 11) is 0. The van der Waals surface area contributed by atoms with Gasteiger partial charge in [0.25, 0.3) is 0 Å². The molecule has 0 spiro atoms. The second-order valence-electron chi connectivity index (χ2n) is 5.11. The van der Waals surface area contributed by atoms with Crippen LogP contribution in [0.4, 0.5) is 0 Å². The van der Waals surface area contributed by atoms with E-state index in [4.69, 9.17) is 0 Å². The summed E-state index contributed by atoms with van der Waals surface area (Å²) in [6.07, 6.45) is 1.01. The molecule has 0 aromatic heterocycles. The van der Waals surface area contributed by atoms with Crippen LogP contribution >= 0.6 is 0 Å². The predicted octanol–water partition coefficient (Wildman–Crippen LogP) is -0.865. The van der Waals surface area contributed by atoms with Crippen LogP contribution in [0, 0.1) is 0 Å². The van der Waals surface area contributed by atoms with Crippen molar-refractivity contribution in [3.63, 3.8) is 0 Å². The Morgan fingerprint density at radius 3 is 1.07 bits per heavy atom. The number of carbonyl (C=O) groups is 2. The van der Waals surface area contributed by atoms with Gasteiger partial charge >= 0.3 is 33.7 Å². The van der Waals surface area contributed by atoms with Crippen LogP contribution in [0.3, 0.4) is 0 Å². The first kappa shape index (κ1) is 36.6. The van der Waals surface area contributed by atoms with Gasteiger partial charge in [-0.15, -0.1) is 23.7 Å². The van der Waals surface area contributed by atoms with Crippen molar-refractivity contribution in [3.05, 3.63) is 23.7 Å². The normalized spacial score (nSPS) is 10.1. The van der Waals surface area contributed by atoms with Gasteiger partial charge in [0, 0.05) is 12.2 Å². The second kappa shape index (κ2) is 26.9. The second-order valence-corrected chi connectivity index (χ2v) is 5.11. The first-order chi connectivity index (χ1) is 11.8. The van der Waals surface area contributed by atoms with Crippen LogP contribution in [-0.2, 0) is 40.8 Å². The van der Waals surface area contributed by atoms with Crippen molar-refractivity contribution in [2.24, 2.45) is 0 Å². The Morgan fingerprint density at radius 2 is 0.963 bits per heavy atom. The zero-order valence-corrected chi connectivity index (χ0v) is 19.1. The Bertz CT molecular complexity index is 353. The van der Waals surface area contributed by atoms with Crippen molar-refractivity contribution in [2.45, 2.75) is 67.6 Å². The van der Waals surface area contributed by atoms with E-state index in [1.165, 1.54) is 13.8 Å². The molecule has 0 amide bonds. The van der Waals surface area contributed by atoms with Crippen LogP contribution in [0.25, 0.3) is 0 Å². The molecule has 0 saturated heterocycles. The summed E-state index contributed by atoms with van der Waals surface area (Å²) in [6.45, 7) is 13.0. The molecule has 156 valence electrons. The average molecular weight is 424 g/mol. The van der Waals surface area contributed by atoms with Gasteiger partial charge in [-0.2, -0.15) is 0 Å². The summed E-state index contributed by atoms with van der Waals surface area (Å²) in [6, 6.07) is 0. The van der Waals surface area contributed by atoms with E-state index in [0.717, 1.165) is 12.2 Å². The molecule has 0 heterocycles. The maximum atomic E-state index is 10.4. The third-order valence-corrected chi connectivity index (χ3v) is 1.22. The fourth-order valence-electron chi connectivity index (χ4n) is 0.700. The van der Waals surface area contributed by atoms with Gasteiger partial charge in [-0.25, -0.2) is 9.59 Å². The van der Waals surface area contributed by atoms with E-state index in [0.29, 0.717) is 13.2 Å². The van der Waals surface area contributed by atoms with Crippen molar-refractivity contribution >= 4 is 11.9 Å². The number of hydrogen-bond donors (Lipinski definition) is 0. The van der Waals surface area contributed by atoms with Crippen LogP contribution in [0.5, 0.6) is 0 Å². The molecule has 8 nitrogen and oxygen atoms in total. The zero-order chi connectivity index (χ0) is 21.7. The van der Waals surface area contributed by atoms with E-state index in [2.05, 4.69) is 9.47 Å². The van der Waals surface area contributed by atoms with Gasteiger partial charge in [-0.3, -0.25) is 0 Å². The molecule has 0 unspecified atom stereocenters. The Kier molecular flexibility index (Phi) is 36.4. The van der Waals surface area contributed by atoms with Crippen molar-refractivity contribution in [2.75, 3.05) is 13.2 Å². The molecule has 0 aliphatic carbocycles. The molecule has 9 heteroatoms. The predicted molar refractivity (Wildman–Crippen MR) is 91.1 cm³/mol. The fraction of sp³-hybridized carbons (Fsp3) is 0.667. The standard InChI is InChI=1S/2C6H10O3.2C3H7O.Ti/c2*1-3-9-6(8)4-5(2)7;2*1-3(2)4;/h2*4,7H,3H2,1-2H3;2*3H,1-2H3;/q;;2*-1;+4/p-2/b5-4+;5-4-;;;. The van der Waals surface area contributed by atoms with E-state index in [1.807, 2.05) is 0 Å². The largest absolute Gasteiger partial charge is 4.00 e. The number of hydrogen-bond acceptors (Lipinski definition) is 8. The Balaban J connectivity index is -0.0000000843. The van der Waals surface area contributed by atoms with Crippen LogP contribution < -0.4 is 20.4 Å². The molecule has 0 aliphatic heterocycles. The minimum atomic E-state index is -0.565. The van der Waals surface area contributed by atoms with Gasteiger partial charge < -0.3 is 29.9 Å². The molecular formula is C18H32O8Ti. The Hall–Kier alpha value is -1.35. The number of esters is 2. The minimum Gasteiger partial charge on any atom is -0.875 e. The van der Waals surface area contributed by atoms with Crippen molar-refractivity contribution in [3.8, 4) is 0 Å². The van der Waals surface area contributed by atoms with E-state index in [-0.39, 0.29) is 33.2 Å². The molecule has 0 saturated carbocycles. The monoisotopic (exact) mass is 424 g/mol. The minimum absolute atomic E-state index is 0. The maximum absolute atomic E-state index is 10.4. The molecule has 0 radical (unpaired) electrons. The van der Waals surface area contributed by atoms with Gasteiger partial charge in [0.15, 0.2) is 0 Å². The van der Waals surface area contributed by atoms with Crippen molar-refractivity contribution in [1.29, 1.82) is 0 Å². The summed E-state index contributed by atoms with van der Waals surface area (Å²) in [4.78, 5) is 20.7. The summed E-state index contributed by atoms with van der Waals surface area (Å²) < 4.78 is 8.87. The molecule has 0 aliphatic rings. The molecule has 0 atom stereocenters. The van der Waals surface area contributed by atoms with E-state index >= 15 is 0 Å². The van der Waals surface area contributed by atoms with Gasteiger partial charge in [-0.05, 0) is 13.8 Å². The van der Waals surface area contributed by atoms with Crippen molar-refractivity contribution < 1.29 is 61.2 Å². The molecule has 0 fully saturated rings. The molecule has 27 heavy (non-hydrogen) atoms. The van der Waals surface area contributed by atoms with Crippen LogP contribution in [0.2, 0.25) is 0 Å². The van der Waals surface area contributed by atoms with Crippen LogP contribution in [0.1, 0.15) is 55.4 Å². The smallest absolute Gasteiger partial charge is 0.875 e. The van der Waals surface area contributed by atoms with Gasteiger partial charge in [-0.1, -0.05) is 41.5 Å². The number of allylic oxidation sites excluding steroid dienone is 2. The average Bonchev–Trinajstić information content (AvgIpc) is 2.36.